The van der Waals surface area contributed by atoms with Crippen LogP contribution in [0.15, 0.2) is 24.3 Å². The summed E-state index contributed by atoms with van der Waals surface area (Å²) in [6, 6.07) is 6.69. The van der Waals surface area contributed by atoms with Gasteiger partial charge in [0.1, 0.15) is 12.4 Å². The molecule has 0 aromatic heterocycles. The average Bonchev–Trinajstić information content (AvgIpc) is 3.35. The summed E-state index contributed by atoms with van der Waals surface area (Å²) in [6.45, 7) is 2.16. The summed E-state index contributed by atoms with van der Waals surface area (Å²) in [6.07, 6.45) is 2.38. The number of nitrogens with one attached hydrogen (secondary N) is 2. The predicted molar refractivity (Wildman–Crippen MR) is 92.7 cm³/mol. The Labute approximate surface area is 147 Å². The molecule has 3 atom stereocenters. The van der Waals surface area contributed by atoms with Crippen molar-refractivity contribution in [2.45, 2.75) is 36.6 Å². The number of hydrogen-bond acceptors (Lipinski definition) is 5. The van der Waals surface area contributed by atoms with Crippen LogP contribution < -0.4 is 14.8 Å². The zero-order chi connectivity index (χ0) is 17.4. The molecule has 25 heavy (non-hydrogen) atoms. The molecule has 2 fully saturated rings. The molecule has 3 unspecified atom stereocenters. The Morgan fingerprint density at radius 2 is 2.00 bits per heavy atom. The molecule has 0 radical (unpaired) electrons. The SMILES string of the molecule is O=C(C1CC(S(=O)(=O)NC2COc3ccccc32)CN1)N1CCCC1. The number of fused-ring (bicyclic) bond motifs is 1. The number of para-hydroxylation sites is 1. The number of benzene rings is 1. The molecule has 8 heteroatoms. The van der Waals surface area contributed by atoms with Gasteiger partial charge in [0.15, 0.2) is 0 Å². The summed E-state index contributed by atoms with van der Waals surface area (Å²) in [5.74, 6) is 0.756. The maximum absolute atomic E-state index is 12.8. The van der Waals surface area contributed by atoms with E-state index in [9.17, 15) is 13.2 Å². The molecule has 3 heterocycles. The minimum Gasteiger partial charge on any atom is -0.491 e. The second-order valence-corrected chi connectivity index (χ2v) is 8.91. The van der Waals surface area contributed by atoms with Gasteiger partial charge in [0, 0.05) is 25.2 Å². The van der Waals surface area contributed by atoms with Gasteiger partial charge in [-0.3, -0.25) is 4.79 Å². The van der Waals surface area contributed by atoms with Crippen LogP contribution in [0.2, 0.25) is 0 Å². The molecule has 4 rings (SSSR count). The van der Waals surface area contributed by atoms with E-state index in [1.54, 1.807) is 0 Å². The Kier molecular flexibility index (Phi) is 4.43. The smallest absolute Gasteiger partial charge is 0.239 e. The summed E-state index contributed by atoms with van der Waals surface area (Å²) < 4.78 is 33.8. The monoisotopic (exact) mass is 365 g/mol. The summed E-state index contributed by atoms with van der Waals surface area (Å²) in [4.78, 5) is 14.3. The zero-order valence-electron chi connectivity index (χ0n) is 14.0. The number of likely N-dealkylation sites (tertiary alicyclic amines) is 1. The van der Waals surface area contributed by atoms with E-state index in [4.69, 9.17) is 4.74 Å². The van der Waals surface area contributed by atoms with Gasteiger partial charge >= 0.3 is 0 Å². The lowest BCUT2D eigenvalue weighted by molar-refractivity contribution is -0.131. The number of hydrogen-bond donors (Lipinski definition) is 2. The molecule has 0 aliphatic carbocycles. The third-order valence-corrected chi connectivity index (χ3v) is 7.10. The highest BCUT2D eigenvalue weighted by Crippen LogP contribution is 2.32. The Balaban J connectivity index is 1.41. The third-order valence-electron chi connectivity index (χ3n) is 5.25. The zero-order valence-corrected chi connectivity index (χ0v) is 14.8. The molecule has 2 N–H and O–H groups in total. The first-order valence-electron chi connectivity index (χ1n) is 8.79. The lowest BCUT2D eigenvalue weighted by atomic mass is 10.1. The largest absolute Gasteiger partial charge is 0.491 e. The van der Waals surface area contributed by atoms with E-state index in [-0.39, 0.29) is 11.9 Å². The molecule has 1 aromatic rings. The quantitative estimate of drug-likeness (QED) is 0.806. The lowest BCUT2D eigenvalue weighted by Crippen LogP contribution is -2.42. The minimum absolute atomic E-state index is 0.0322. The van der Waals surface area contributed by atoms with Crippen molar-refractivity contribution in [1.29, 1.82) is 0 Å². The van der Waals surface area contributed by atoms with Crippen molar-refractivity contribution in [3.8, 4) is 5.75 Å². The van der Waals surface area contributed by atoms with Crippen molar-refractivity contribution in [2.75, 3.05) is 26.2 Å². The topological polar surface area (TPSA) is 87.7 Å². The van der Waals surface area contributed by atoms with Crippen LogP contribution in [0.1, 0.15) is 30.9 Å². The molecule has 7 nitrogen and oxygen atoms in total. The fourth-order valence-corrected chi connectivity index (χ4v) is 5.39. The fraction of sp³-hybridized carbons (Fsp3) is 0.588. The van der Waals surface area contributed by atoms with Crippen LogP contribution in [0.25, 0.3) is 0 Å². The van der Waals surface area contributed by atoms with E-state index in [2.05, 4.69) is 10.0 Å². The van der Waals surface area contributed by atoms with Crippen molar-refractivity contribution in [3.05, 3.63) is 29.8 Å². The van der Waals surface area contributed by atoms with E-state index < -0.39 is 21.3 Å². The number of sulfonamides is 1. The highest BCUT2D eigenvalue weighted by Gasteiger charge is 2.40. The molecule has 0 spiro atoms. The Morgan fingerprint density at radius 3 is 2.80 bits per heavy atom. The highest BCUT2D eigenvalue weighted by molar-refractivity contribution is 7.90. The van der Waals surface area contributed by atoms with Crippen LogP contribution in [0.3, 0.4) is 0 Å². The van der Waals surface area contributed by atoms with Gasteiger partial charge in [-0.05, 0) is 25.3 Å². The second-order valence-electron chi connectivity index (χ2n) is 6.92. The molecule has 1 amide bonds. The van der Waals surface area contributed by atoms with Gasteiger partial charge in [0.2, 0.25) is 15.9 Å². The third kappa shape index (κ3) is 3.26. The number of ether oxygens (including phenoxy) is 1. The van der Waals surface area contributed by atoms with Crippen LogP contribution in [0, 0.1) is 0 Å². The van der Waals surface area contributed by atoms with Gasteiger partial charge in [-0.1, -0.05) is 18.2 Å². The normalized spacial score (nSPS) is 28.8. The van der Waals surface area contributed by atoms with E-state index in [0.29, 0.717) is 19.6 Å². The first-order chi connectivity index (χ1) is 12.0. The van der Waals surface area contributed by atoms with Crippen molar-refractivity contribution >= 4 is 15.9 Å². The first-order valence-corrected chi connectivity index (χ1v) is 10.3. The van der Waals surface area contributed by atoms with Crippen molar-refractivity contribution in [1.82, 2.24) is 14.9 Å². The Hall–Kier alpha value is -1.64. The summed E-state index contributed by atoms with van der Waals surface area (Å²) >= 11 is 0. The molecule has 0 bridgehead atoms. The predicted octanol–water partition coefficient (Wildman–Crippen LogP) is 0.392. The van der Waals surface area contributed by atoms with Crippen LogP contribution in [0.5, 0.6) is 5.75 Å². The number of amides is 1. The second kappa shape index (κ2) is 6.59. The van der Waals surface area contributed by atoms with Gasteiger partial charge < -0.3 is 15.0 Å². The Bertz CT molecular complexity index is 761. The molecule has 1 aromatic carbocycles. The molecule has 3 aliphatic rings. The van der Waals surface area contributed by atoms with Crippen molar-refractivity contribution in [3.63, 3.8) is 0 Å². The van der Waals surface area contributed by atoms with Gasteiger partial charge in [0.25, 0.3) is 0 Å². The molecular weight excluding hydrogens is 342 g/mol. The van der Waals surface area contributed by atoms with Gasteiger partial charge in [-0.15, -0.1) is 0 Å². The van der Waals surface area contributed by atoms with E-state index in [0.717, 1.165) is 37.2 Å². The molecular formula is C17H23N3O4S. The molecule has 136 valence electrons. The fourth-order valence-electron chi connectivity index (χ4n) is 3.84. The van der Waals surface area contributed by atoms with E-state index >= 15 is 0 Å². The highest BCUT2D eigenvalue weighted by atomic mass is 32.2. The molecule has 2 saturated heterocycles. The van der Waals surface area contributed by atoms with Gasteiger partial charge in [0.05, 0.1) is 17.3 Å². The average molecular weight is 365 g/mol. The van der Waals surface area contributed by atoms with Gasteiger partial charge in [-0.2, -0.15) is 0 Å². The summed E-state index contributed by atoms with van der Waals surface area (Å²) in [7, 11) is -3.54. The van der Waals surface area contributed by atoms with E-state index in [1.165, 1.54) is 0 Å². The number of rotatable bonds is 4. The maximum atomic E-state index is 12.8. The first kappa shape index (κ1) is 16.8. The van der Waals surface area contributed by atoms with Crippen LogP contribution in [-0.2, 0) is 14.8 Å². The molecule has 3 aliphatic heterocycles. The molecule has 0 saturated carbocycles. The van der Waals surface area contributed by atoms with Gasteiger partial charge in [-0.25, -0.2) is 13.1 Å². The minimum atomic E-state index is -3.54. The van der Waals surface area contributed by atoms with Crippen molar-refractivity contribution < 1.29 is 17.9 Å². The number of nitrogens with zero attached hydrogens (tertiary/aromatic N) is 1. The van der Waals surface area contributed by atoms with Crippen LogP contribution in [-0.4, -0.2) is 56.8 Å². The number of carbonyl (C=O) groups excluding carboxylic acids is 1. The maximum Gasteiger partial charge on any atom is 0.239 e. The summed E-state index contributed by atoms with van der Waals surface area (Å²) in [5, 5.41) is 2.49. The standard InChI is InChI=1S/C17H23N3O4S/c21-17(20-7-3-4-8-20)14-9-12(10-18-14)25(22,23)19-15-11-24-16-6-2-1-5-13(15)16/h1-2,5-6,12,14-15,18-19H,3-4,7-11H2. The summed E-state index contributed by atoms with van der Waals surface area (Å²) in [5.41, 5.74) is 0.863. The van der Waals surface area contributed by atoms with E-state index in [1.807, 2.05) is 29.2 Å². The van der Waals surface area contributed by atoms with Crippen LogP contribution >= 0.6 is 0 Å². The lowest BCUT2D eigenvalue weighted by Gasteiger charge is -2.20. The van der Waals surface area contributed by atoms with Crippen molar-refractivity contribution in [2.24, 2.45) is 0 Å². The Morgan fingerprint density at radius 1 is 1.24 bits per heavy atom. The number of carbonyl (C=O) groups is 1. The van der Waals surface area contributed by atoms with Crippen LogP contribution in [0.4, 0.5) is 0 Å².